The molecule has 2 rings (SSSR count). The van der Waals surface area contributed by atoms with Gasteiger partial charge < -0.3 is 5.32 Å². The third-order valence-electron chi connectivity index (χ3n) is 3.20. The maximum Gasteiger partial charge on any atom is 0.102 e. The van der Waals surface area contributed by atoms with Crippen molar-refractivity contribution in [3.05, 3.63) is 34.3 Å². The van der Waals surface area contributed by atoms with Crippen LogP contribution in [-0.2, 0) is 5.41 Å². The lowest BCUT2D eigenvalue weighted by atomic mass is 9.63. The Kier molecular flexibility index (Phi) is 3.12. The van der Waals surface area contributed by atoms with Gasteiger partial charge >= 0.3 is 0 Å². The van der Waals surface area contributed by atoms with Crippen molar-refractivity contribution < 1.29 is 4.39 Å². The maximum absolute atomic E-state index is 13.1. The highest BCUT2D eigenvalue weighted by molar-refractivity contribution is 9.10. The highest BCUT2D eigenvalue weighted by atomic mass is 79.9. The lowest BCUT2D eigenvalue weighted by Gasteiger charge is -2.44. The zero-order valence-electron chi connectivity index (χ0n) is 8.76. The fraction of sp³-hybridized carbons (Fsp3) is 0.500. The number of rotatable bonds is 3. The lowest BCUT2D eigenvalue weighted by molar-refractivity contribution is 0.0940. The van der Waals surface area contributed by atoms with Gasteiger partial charge in [-0.25, -0.2) is 4.39 Å². The van der Waals surface area contributed by atoms with Gasteiger partial charge in [-0.2, -0.15) is 0 Å². The van der Waals surface area contributed by atoms with Crippen LogP contribution in [0.5, 0.6) is 0 Å². The summed E-state index contributed by atoms with van der Waals surface area (Å²) in [6, 6.07) is 8.23. The largest absolute Gasteiger partial charge is 0.319 e. The zero-order valence-corrected chi connectivity index (χ0v) is 10.3. The molecule has 1 nitrogen and oxygen atoms in total. The van der Waals surface area contributed by atoms with E-state index in [1.165, 1.54) is 5.56 Å². The van der Waals surface area contributed by atoms with E-state index >= 15 is 0 Å². The Morgan fingerprint density at radius 1 is 1.40 bits per heavy atom. The Labute approximate surface area is 98.2 Å². The second kappa shape index (κ2) is 4.22. The highest BCUT2D eigenvalue weighted by Gasteiger charge is 2.45. The molecule has 3 heteroatoms. The molecule has 0 radical (unpaired) electrons. The Morgan fingerprint density at radius 3 is 2.47 bits per heavy atom. The summed E-state index contributed by atoms with van der Waals surface area (Å²) in [7, 11) is 1.92. The van der Waals surface area contributed by atoms with E-state index in [9.17, 15) is 4.39 Å². The van der Waals surface area contributed by atoms with E-state index in [2.05, 4.69) is 33.4 Å². The van der Waals surface area contributed by atoms with Crippen LogP contribution in [0.15, 0.2) is 28.7 Å². The molecule has 0 unspecified atom stereocenters. The average Bonchev–Trinajstić information content (AvgIpc) is 2.16. The fourth-order valence-corrected chi connectivity index (χ4v) is 2.68. The molecule has 0 aliphatic heterocycles. The minimum atomic E-state index is -0.623. The summed E-state index contributed by atoms with van der Waals surface area (Å²) >= 11 is 3.41. The Hall–Kier alpha value is -0.410. The third-order valence-corrected chi connectivity index (χ3v) is 3.72. The van der Waals surface area contributed by atoms with Crippen LogP contribution in [0, 0.1) is 0 Å². The van der Waals surface area contributed by atoms with Crippen molar-refractivity contribution in [2.24, 2.45) is 0 Å². The summed E-state index contributed by atoms with van der Waals surface area (Å²) in [5.74, 6) is 0. The molecule has 1 fully saturated rings. The summed E-state index contributed by atoms with van der Waals surface area (Å²) in [6.45, 7) is 0.856. The molecular formula is C12H15BrFN. The normalized spacial score (nSPS) is 29.9. The van der Waals surface area contributed by atoms with E-state index in [4.69, 9.17) is 0 Å². The number of hydrogen-bond acceptors (Lipinski definition) is 1. The van der Waals surface area contributed by atoms with E-state index < -0.39 is 6.17 Å². The molecule has 0 aromatic heterocycles. The van der Waals surface area contributed by atoms with Crippen molar-refractivity contribution in [3.63, 3.8) is 0 Å². The molecule has 0 spiro atoms. The summed E-state index contributed by atoms with van der Waals surface area (Å²) in [6.07, 6.45) is 0.673. The standard InChI is InChI=1S/C12H15BrFN/c1-15-8-12(6-11(14)7-12)9-2-4-10(13)5-3-9/h2-5,11,15H,6-8H2,1H3. The molecule has 1 aromatic carbocycles. The molecule has 1 aliphatic rings. The van der Waals surface area contributed by atoms with Crippen LogP contribution in [-0.4, -0.2) is 19.8 Å². The van der Waals surface area contributed by atoms with Crippen molar-refractivity contribution in [2.45, 2.75) is 24.4 Å². The third kappa shape index (κ3) is 2.08. The average molecular weight is 272 g/mol. The molecule has 0 saturated heterocycles. The Morgan fingerprint density at radius 2 is 2.00 bits per heavy atom. The second-order valence-corrected chi connectivity index (χ2v) is 5.24. The number of benzene rings is 1. The number of nitrogens with one attached hydrogen (secondary N) is 1. The van der Waals surface area contributed by atoms with Gasteiger partial charge in [0.05, 0.1) is 0 Å². The highest BCUT2D eigenvalue weighted by Crippen LogP contribution is 2.45. The minimum Gasteiger partial charge on any atom is -0.319 e. The van der Waals surface area contributed by atoms with Gasteiger partial charge in [0.2, 0.25) is 0 Å². The van der Waals surface area contributed by atoms with E-state index in [0.717, 1.165) is 11.0 Å². The van der Waals surface area contributed by atoms with E-state index in [1.54, 1.807) is 0 Å². The number of likely N-dealkylation sites (N-methyl/N-ethyl adjacent to an activating group) is 1. The summed E-state index contributed by atoms with van der Waals surface area (Å²) in [5, 5.41) is 3.17. The zero-order chi connectivity index (χ0) is 10.9. The SMILES string of the molecule is CNCC1(c2ccc(Br)cc2)CC(F)C1. The predicted molar refractivity (Wildman–Crippen MR) is 63.9 cm³/mol. The van der Waals surface area contributed by atoms with Gasteiger partial charge in [-0.1, -0.05) is 28.1 Å². The maximum atomic E-state index is 13.1. The molecule has 0 amide bonds. The van der Waals surface area contributed by atoms with Gasteiger partial charge in [0.15, 0.2) is 0 Å². The molecule has 15 heavy (non-hydrogen) atoms. The van der Waals surface area contributed by atoms with Crippen LogP contribution in [0.25, 0.3) is 0 Å². The molecule has 1 saturated carbocycles. The molecule has 0 heterocycles. The molecule has 1 N–H and O–H groups in total. The first-order valence-corrected chi connectivity index (χ1v) is 6.00. The first-order chi connectivity index (χ1) is 7.16. The van der Waals surface area contributed by atoms with Crippen molar-refractivity contribution in [3.8, 4) is 0 Å². The Balaban J connectivity index is 2.22. The van der Waals surface area contributed by atoms with E-state index in [0.29, 0.717) is 12.8 Å². The van der Waals surface area contributed by atoms with Gasteiger partial charge in [0.25, 0.3) is 0 Å². The lowest BCUT2D eigenvalue weighted by Crippen LogP contribution is -2.49. The molecule has 82 valence electrons. The van der Waals surface area contributed by atoms with Gasteiger partial charge in [-0.3, -0.25) is 0 Å². The van der Waals surface area contributed by atoms with Crippen LogP contribution in [0.3, 0.4) is 0 Å². The summed E-state index contributed by atoms with van der Waals surface area (Å²) < 4.78 is 14.1. The molecule has 0 atom stereocenters. The van der Waals surface area contributed by atoms with Gasteiger partial charge in [0, 0.05) is 16.4 Å². The summed E-state index contributed by atoms with van der Waals surface area (Å²) in [4.78, 5) is 0. The van der Waals surface area contributed by atoms with Gasteiger partial charge in [-0.05, 0) is 37.6 Å². The number of halogens is 2. The molecule has 0 bridgehead atoms. The van der Waals surface area contributed by atoms with Crippen LogP contribution in [0.2, 0.25) is 0 Å². The first kappa shape index (κ1) is 11.1. The van der Waals surface area contributed by atoms with Crippen molar-refractivity contribution in [1.29, 1.82) is 0 Å². The second-order valence-electron chi connectivity index (χ2n) is 4.32. The Bertz CT molecular complexity index is 324. The minimum absolute atomic E-state index is 0.0227. The predicted octanol–water partition coefficient (Wildman–Crippen LogP) is 3.04. The van der Waals surface area contributed by atoms with Gasteiger partial charge in [0.1, 0.15) is 6.17 Å². The number of hydrogen-bond donors (Lipinski definition) is 1. The van der Waals surface area contributed by atoms with Crippen LogP contribution in [0.1, 0.15) is 18.4 Å². The van der Waals surface area contributed by atoms with Gasteiger partial charge in [-0.15, -0.1) is 0 Å². The van der Waals surface area contributed by atoms with E-state index in [1.807, 2.05) is 19.2 Å². The van der Waals surface area contributed by atoms with Crippen molar-refractivity contribution in [1.82, 2.24) is 5.32 Å². The molecule has 1 aliphatic carbocycles. The van der Waals surface area contributed by atoms with Crippen LogP contribution in [0.4, 0.5) is 4.39 Å². The quantitative estimate of drug-likeness (QED) is 0.891. The smallest absolute Gasteiger partial charge is 0.102 e. The van der Waals surface area contributed by atoms with E-state index in [-0.39, 0.29) is 5.41 Å². The molecule has 1 aromatic rings. The monoisotopic (exact) mass is 271 g/mol. The summed E-state index contributed by atoms with van der Waals surface area (Å²) in [5.41, 5.74) is 1.27. The van der Waals surface area contributed by atoms with Crippen LogP contribution < -0.4 is 5.32 Å². The fourth-order valence-electron chi connectivity index (χ4n) is 2.41. The molecular weight excluding hydrogens is 257 g/mol. The first-order valence-electron chi connectivity index (χ1n) is 5.21. The number of alkyl halides is 1. The van der Waals surface area contributed by atoms with Crippen molar-refractivity contribution in [2.75, 3.05) is 13.6 Å². The van der Waals surface area contributed by atoms with Crippen LogP contribution >= 0.6 is 15.9 Å². The topological polar surface area (TPSA) is 12.0 Å². The van der Waals surface area contributed by atoms with Crippen molar-refractivity contribution >= 4 is 15.9 Å².